The van der Waals surface area contributed by atoms with Gasteiger partial charge in [-0.3, -0.25) is 14.1 Å². The number of unbranched alkanes of at least 4 members (excludes halogenated alkanes) is 33. The van der Waals surface area contributed by atoms with Gasteiger partial charge >= 0.3 is 19.8 Å². The van der Waals surface area contributed by atoms with Crippen molar-refractivity contribution in [1.29, 1.82) is 0 Å². The van der Waals surface area contributed by atoms with Gasteiger partial charge in [-0.15, -0.1) is 0 Å². The Balaban J connectivity index is 3.81. The second-order valence-corrected chi connectivity index (χ2v) is 17.0. The molecule has 0 aliphatic carbocycles. The molecule has 0 amide bonds. The van der Waals surface area contributed by atoms with Crippen LogP contribution in [0.4, 0.5) is 0 Å². The first-order valence-corrected chi connectivity index (χ1v) is 24.4. The summed E-state index contributed by atoms with van der Waals surface area (Å²) in [7, 11) is -4.75. The number of hydrogen-bond acceptors (Lipinski definition) is 6. The monoisotopic (exact) mass is 775 g/mol. The lowest BCUT2D eigenvalue weighted by atomic mass is 10.0. The lowest BCUT2D eigenvalue weighted by Gasteiger charge is -2.18. The molecule has 0 heterocycles. The standard InChI is InChI=1S/C44H87O8P/c1-3-5-7-9-11-13-15-17-19-20-21-22-23-25-27-29-31-33-35-37-39-44(46)52-42(41-51-53(47,48)49)40-50-43(45)38-36-34-32-30-28-26-24-18-16-14-12-10-8-6-4-2/h42H,3-41H2,1-2H3,(H2,47,48,49)/t42-/m1/s1. The van der Waals surface area contributed by atoms with E-state index in [1.807, 2.05) is 0 Å². The maximum atomic E-state index is 12.4. The third-order valence-electron chi connectivity index (χ3n) is 10.4. The highest BCUT2D eigenvalue weighted by atomic mass is 31.2. The molecule has 53 heavy (non-hydrogen) atoms. The van der Waals surface area contributed by atoms with Crippen molar-refractivity contribution in [3.63, 3.8) is 0 Å². The first-order chi connectivity index (χ1) is 25.8. The van der Waals surface area contributed by atoms with E-state index in [4.69, 9.17) is 19.3 Å². The zero-order chi connectivity index (χ0) is 38.9. The van der Waals surface area contributed by atoms with E-state index in [-0.39, 0.29) is 19.4 Å². The summed E-state index contributed by atoms with van der Waals surface area (Å²) in [5.74, 6) is -0.865. The van der Waals surface area contributed by atoms with Gasteiger partial charge in [0.15, 0.2) is 6.10 Å². The molecule has 0 aliphatic heterocycles. The molecular formula is C44H87O8P. The molecule has 0 aromatic carbocycles. The molecule has 0 aliphatic rings. The summed E-state index contributed by atoms with van der Waals surface area (Å²) >= 11 is 0. The first kappa shape index (κ1) is 52.0. The molecular weight excluding hydrogens is 687 g/mol. The lowest BCUT2D eigenvalue weighted by molar-refractivity contribution is -0.161. The number of carbonyl (C=O) groups excluding carboxylic acids is 2. The molecule has 0 aromatic heterocycles. The Kier molecular flexibility index (Phi) is 40.0. The van der Waals surface area contributed by atoms with Crippen LogP contribution in [0.3, 0.4) is 0 Å². The summed E-state index contributed by atoms with van der Waals surface area (Å²) in [6, 6.07) is 0. The van der Waals surface area contributed by atoms with Gasteiger partial charge in [0.1, 0.15) is 6.61 Å². The van der Waals surface area contributed by atoms with Crippen molar-refractivity contribution in [2.75, 3.05) is 13.2 Å². The van der Waals surface area contributed by atoms with E-state index in [2.05, 4.69) is 18.4 Å². The van der Waals surface area contributed by atoms with Gasteiger partial charge in [0.2, 0.25) is 0 Å². The Hall–Kier alpha value is -0.950. The fourth-order valence-electron chi connectivity index (χ4n) is 6.96. The molecule has 316 valence electrons. The van der Waals surface area contributed by atoms with Crippen LogP contribution < -0.4 is 0 Å². The van der Waals surface area contributed by atoms with Crippen molar-refractivity contribution >= 4 is 19.8 Å². The van der Waals surface area contributed by atoms with E-state index in [0.29, 0.717) is 6.42 Å². The van der Waals surface area contributed by atoms with E-state index in [0.717, 1.165) is 32.1 Å². The molecule has 0 saturated heterocycles. The number of ether oxygens (including phenoxy) is 2. The molecule has 1 atom stereocenters. The number of phosphoric ester groups is 1. The average molecular weight is 775 g/mol. The fraction of sp³-hybridized carbons (Fsp3) is 0.955. The van der Waals surface area contributed by atoms with Gasteiger partial charge in [0, 0.05) is 12.8 Å². The highest BCUT2D eigenvalue weighted by molar-refractivity contribution is 7.46. The lowest BCUT2D eigenvalue weighted by Crippen LogP contribution is -2.29. The van der Waals surface area contributed by atoms with Crippen molar-refractivity contribution in [3.8, 4) is 0 Å². The van der Waals surface area contributed by atoms with E-state index >= 15 is 0 Å². The van der Waals surface area contributed by atoms with Gasteiger partial charge in [0.05, 0.1) is 6.61 Å². The topological polar surface area (TPSA) is 119 Å². The second-order valence-electron chi connectivity index (χ2n) is 15.7. The SMILES string of the molecule is CCCCCCCCCCCCCCCCCCCCCCC(=O)O[C@H](COC(=O)CCCCCCCCCCCCCCCCC)COP(=O)(O)O. The highest BCUT2D eigenvalue weighted by Crippen LogP contribution is 2.36. The molecule has 0 fully saturated rings. The highest BCUT2D eigenvalue weighted by Gasteiger charge is 2.23. The van der Waals surface area contributed by atoms with E-state index in [1.165, 1.54) is 186 Å². The average Bonchev–Trinajstić information content (AvgIpc) is 3.13. The Bertz CT molecular complexity index is 832. The summed E-state index contributed by atoms with van der Waals surface area (Å²) in [4.78, 5) is 42.9. The summed E-state index contributed by atoms with van der Waals surface area (Å²) in [5.41, 5.74) is 0. The number of hydrogen-bond donors (Lipinski definition) is 2. The van der Waals surface area contributed by atoms with Crippen LogP contribution in [0.1, 0.15) is 251 Å². The van der Waals surface area contributed by atoms with Crippen LogP contribution >= 0.6 is 7.82 Å². The maximum Gasteiger partial charge on any atom is 0.469 e. The third-order valence-corrected chi connectivity index (χ3v) is 10.9. The minimum absolute atomic E-state index is 0.221. The van der Waals surface area contributed by atoms with E-state index in [1.54, 1.807) is 0 Å². The number of carbonyl (C=O) groups is 2. The zero-order valence-electron chi connectivity index (χ0n) is 34.9. The molecule has 0 radical (unpaired) electrons. The smallest absolute Gasteiger partial charge is 0.462 e. The number of esters is 2. The van der Waals surface area contributed by atoms with Crippen LogP contribution in [0, 0.1) is 0 Å². The zero-order valence-corrected chi connectivity index (χ0v) is 35.8. The third kappa shape index (κ3) is 43.6. The molecule has 0 bridgehead atoms. The number of phosphoric acid groups is 1. The number of rotatable bonds is 43. The summed E-state index contributed by atoms with van der Waals surface area (Å²) < 4.78 is 26.5. The van der Waals surface area contributed by atoms with Crippen LogP contribution in [-0.2, 0) is 28.2 Å². The van der Waals surface area contributed by atoms with Crippen molar-refractivity contribution in [2.45, 2.75) is 258 Å². The molecule has 0 unspecified atom stereocenters. The molecule has 0 saturated carbocycles. The molecule has 2 N–H and O–H groups in total. The Morgan fingerprint density at radius 1 is 0.415 bits per heavy atom. The van der Waals surface area contributed by atoms with Crippen molar-refractivity contribution in [1.82, 2.24) is 0 Å². The van der Waals surface area contributed by atoms with Crippen LogP contribution in [0.2, 0.25) is 0 Å². The predicted octanol–water partition coefficient (Wildman–Crippen LogP) is 14.0. The Morgan fingerprint density at radius 3 is 0.962 bits per heavy atom. The Morgan fingerprint density at radius 2 is 0.679 bits per heavy atom. The maximum absolute atomic E-state index is 12.4. The second kappa shape index (κ2) is 40.7. The van der Waals surface area contributed by atoms with Gasteiger partial charge in [-0.2, -0.15) is 0 Å². The van der Waals surface area contributed by atoms with Crippen LogP contribution in [0.5, 0.6) is 0 Å². The van der Waals surface area contributed by atoms with Gasteiger partial charge in [-0.25, -0.2) is 4.57 Å². The summed E-state index contributed by atoms with van der Waals surface area (Å²) in [6.07, 6.45) is 44.0. The van der Waals surface area contributed by atoms with Crippen LogP contribution in [0.15, 0.2) is 0 Å². The minimum Gasteiger partial charge on any atom is -0.462 e. The van der Waals surface area contributed by atoms with Gasteiger partial charge < -0.3 is 19.3 Å². The normalized spacial score (nSPS) is 12.3. The van der Waals surface area contributed by atoms with Crippen molar-refractivity contribution in [3.05, 3.63) is 0 Å². The quantitative estimate of drug-likeness (QED) is 0.0357. The molecule has 8 nitrogen and oxygen atoms in total. The largest absolute Gasteiger partial charge is 0.469 e. The Labute approximate surface area is 327 Å². The first-order valence-electron chi connectivity index (χ1n) is 22.8. The van der Waals surface area contributed by atoms with Crippen LogP contribution in [-0.4, -0.2) is 41.0 Å². The van der Waals surface area contributed by atoms with Crippen molar-refractivity contribution < 1.29 is 37.9 Å². The molecule has 9 heteroatoms. The summed E-state index contributed by atoms with van der Waals surface area (Å²) in [5, 5.41) is 0. The van der Waals surface area contributed by atoms with Gasteiger partial charge in [-0.05, 0) is 12.8 Å². The summed E-state index contributed by atoms with van der Waals surface area (Å²) in [6.45, 7) is 3.73. The van der Waals surface area contributed by atoms with Crippen LogP contribution in [0.25, 0.3) is 0 Å². The minimum atomic E-state index is -4.75. The van der Waals surface area contributed by atoms with Crippen molar-refractivity contribution in [2.24, 2.45) is 0 Å². The van der Waals surface area contributed by atoms with Gasteiger partial charge in [0.25, 0.3) is 0 Å². The molecule has 0 rings (SSSR count). The predicted molar refractivity (Wildman–Crippen MR) is 221 cm³/mol. The fourth-order valence-corrected chi connectivity index (χ4v) is 7.32. The van der Waals surface area contributed by atoms with E-state index < -0.39 is 32.5 Å². The van der Waals surface area contributed by atoms with Gasteiger partial charge in [-0.1, -0.05) is 226 Å². The van der Waals surface area contributed by atoms with E-state index in [9.17, 15) is 14.2 Å². The molecule has 0 spiro atoms. The molecule has 0 aromatic rings.